The molecule has 0 N–H and O–H groups in total. The molecule has 0 fully saturated rings. The zero-order valence-corrected chi connectivity index (χ0v) is 16.2. The highest BCUT2D eigenvalue weighted by atomic mass is 32.2. The van der Waals surface area contributed by atoms with Crippen molar-refractivity contribution < 1.29 is 4.79 Å². The number of aryl methyl sites for hydroxylation is 2. The summed E-state index contributed by atoms with van der Waals surface area (Å²) >= 11 is 1.42. The molecule has 0 aliphatic carbocycles. The Bertz CT molecular complexity index is 890. The first-order valence-electron chi connectivity index (χ1n) is 8.45. The summed E-state index contributed by atoms with van der Waals surface area (Å²) in [4.78, 5) is 14.5. The molecule has 1 atom stereocenters. The van der Waals surface area contributed by atoms with Crippen LogP contribution in [-0.4, -0.2) is 33.0 Å². The van der Waals surface area contributed by atoms with Crippen LogP contribution < -0.4 is 4.90 Å². The first-order chi connectivity index (χ1) is 12.5. The monoisotopic (exact) mass is 366 g/mol. The Morgan fingerprint density at radius 2 is 1.69 bits per heavy atom. The van der Waals surface area contributed by atoms with Crippen LogP contribution in [0.4, 0.5) is 5.69 Å². The van der Waals surface area contributed by atoms with Gasteiger partial charge in [-0.25, -0.2) is 0 Å². The number of carbonyl (C=O) groups is 1. The Morgan fingerprint density at radius 1 is 1.04 bits per heavy atom. The number of benzene rings is 2. The minimum Gasteiger partial charge on any atom is -0.315 e. The van der Waals surface area contributed by atoms with Crippen LogP contribution in [0.5, 0.6) is 0 Å². The predicted octanol–water partition coefficient (Wildman–Crippen LogP) is 4.03. The molecule has 0 spiro atoms. The molecule has 0 saturated carbocycles. The second kappa shape index (κ2) is 7.74. The lowest BCUT2D eigenvalue weighted by Crippen LogP contribution is -2.33. The third kappa shape index (κ3) is 3.80. The Labute approximate surface area is 158 Å². The van der Waals surface area contributed by atoms with E-state index in [1.165, 1.54) is 17.3 Å². The van der Waals surface area contributed by atoms with Gasteiger partial charge >= 0.3 is 0 Å². The molecule has 0 aliphatic heterocycles. The summed E-state index contributed by atoms with van der Waals surface area (Å²) in [5, 5.41) is 8.90. The van der Waals surface area contributed by atoms with Crippen molar-refractivity contribution in [3.05, 3.63) is 66.0 Å². The van der Waals surface area contributed by atoms with Crippen LogP contribution in [0.3, 0.4) is 0 Å². The molecular weight excluding hydrogens is 344 g/mol. The van der Waals surface area contributed by atoms with Gasteiger partial charge in [0.2, 0.25) is 5.91 Å². The van der Waals surface area contributed by atoms with Crippen molar-refractivity contribution in [2.75, 3.05) is 11.9 Å². The van der Waals surface area contributed by atoms with Crippen LogP contribution in [0.1, 0.15) is 18.3 Å². The number of hydrogen-bond donors (Lipinski definition) is 0. The Balaban J connectivity index is 1.81. The lowest BCUT2D eigenvalue weighted by Gasteiger charge is -2.21. The summed E-state index contributed by atoms with van der Waals surface area (Å²) in [7, 11) is 1.80. The van der Waals surface area contributed by atoms with Crippen LogP contribution in [0, 0.1) is 13.8 Å². The van der Waals surface area contributed by atoms with Crippen LogP contribution in [0.15, 0.2) is 59.8 Å². The molecule has 6 heteroatoms. The standard InChI is InChI=1S/C20H22N4OS/c1-14-10-12-18(13-11-14)24-16(3)21-22-20(24)26-15(2)19(25)23(4)17-8-6-5-7-9-17/h5-13,15H,1-4H3/t15-/m0/s1. The highest BCUT2D eigenvalue weighted by Gasteiger charge is 2.23. The van der Waals surface area contributed by atoms with E-state index in [2.05, 4.69) is 29.3 Å². The molecule has 0 radical (unpaired) electrons. The predicted molar refractivity (Wildman–Crippen MR) is 106 cm³/mol. The number of anilines is 1. The number of thioether (sulfide) groups is 1. The largest absolute Gasteiger partial charge is 0.315 e. The number of para-hydroxylation sites is 1. The number of aromatic nitrogens is 3. The topological polar surface area (TPSA) is 51.0 Å². The minimum atomic E-state index is -0.284. The van der Waals surface area contributed by atoms with E-state index in [9.17, 15) is 4.79 Å². The maximum absolute atomic E-state index is 12.8. The van der Waals surface area contributed by atoms with Gasteiger partial charge < -0.3 is 4.90 Å². The summed E-state index contributed by atoms with van der Waals surface area (Å²) < 4.78 is 1.98. The lowest BCUT2D eigenvalue weighted by molar-refractivity contribution is -0.117. The van der Waals surface area contributed by atoms with Crippen molar-refractivity contribution in [3.8, 4) is 5.69 Å². The maximum atomic E-state index is 12.8. The summed E-state index contributed by atoms with van der Waals surface area (Å²) in [5.41, 5.74) is 3.07. The van der Waals surface area contributed by atoms with Gasteiger partial charge in [-0.15, -0.1) is 10.2 Å². The second-order valence-electron chi connectivity index (χ2n) is 6.19. The van der Waals surface area contributed by atoms with Crippen molar-refractivity contribution >= 4 is 23.4 Å². The van der Waals surface area contributed by atoms with E-state index >= 15 is 0 Å². The van der Waals surface area contributed by atoms with E-state index in [0.717, 1.165) is 17.2 Å². The molecule has 3 rings (SSSR count). The van der Waals surface area contributed by atoms with Gasteiger partial charge in [0.15, 0.2) is 5.16 Å². The number of nitrogens with zero attached hydrogens (tertiary/aromatic N) is 4. The van der Waals surface area contributed by atoms with Gasteiger partial charge in [0.25, 0.3) is 0 Å². The fraction of sp³-hybridized carbons (Fsp3) is 0.250. The molecule has 0 saturated heterocycles. The SMILES string of the molecule is Cc1ccc(-n2c(C)nnc2S[C@@H](C)C(=O)N(C)c2ccccc2)cc1. The molecule has 3 aromatic rings. The first-order valence-corrected chi connectivity index (χ1v) is 9.33. The molecule has 5 nitrogen and oxygen atoms in total. The third-order valence-electron chi connectivity index (χ3n) is 4.19. The summed E-state index contributed by atoms with van der Waals surface area (Å²) in [6.45, 7) is 5.87. The highest BCUT2D eigenvalue weighted by Crippen LogP contribution is 2.27. The zero-order valence-electron chi connectivity index (χ0n) is 15.4. The van der Waals surface area contributed by atoms with Gasteiger partial charge in [0.1, 0.15) is 5.82 Å². The highest BCUT2D eigenvalue weighted by molar-refractivity contribution is 8.00. The minimum absolute atomic E-state index is 0.0253. The Hall–Kier alpha value is -2.60. The average molecular weight is 366 g/mol. The molecule has 1 heterocycles. The van der Waals surface area contributed by atoms with Crippen LogP contribution >= 0.6 is 11.8 Å². The smallest absolute Gasteiger partial charge is 0.240 e. The van der Waals surface area contributed by atoms with Gasteiger partial charge in [-0.05, 0) is 45.0 Å². The van der Waals surface area contributed by atoms with Crippen LogP contribution in [-0.2, 0) is 4.79 Å². The fourth-order valence-corrected chi connectivity index (χ4v) is 3.68. The van der Waals surface area contributed by atoms with Gasteiger partial charge in [0, 0.05) is 18.4 Å². The van der Waals surface area contributed by atoms with Crippen molar-refractivity contribution in [3.63, 3.8) is 0 Å². The van der Waals surface area contributed by atoms with Crippen molar-refractivity contribution in [1.82, 2.24) is 14.8 Å². The summed E-state index contributed by atoms with van der Waals surface area (Å²) in [6, 6.07) is 17.8. The Kier molecular flexibility index (Phi) is 5.42. The van der Waals surface area contributed by atoms with Gasteiger partial charge in [-0.3, -0.25) is 9.36 Å². The fourth-order valence-electron chi connectivity index (χ4n) is 2.67. The lowest BCUT2D eigenvalue weighted by atomic mass is 10.2. The van der Waals surface area contributed by atoms with Gasteiger partial charge in [0.05, 0.1) is 5.25 Å². The molecule has 26 heavy (non-hydrogen) atoms. The van der Waals surface area contributed by atoms with Crippen LogP contribution in [0.2, 0.25) is 0 Å². The molecule has 1 aromatic heterocycles. The Morgan fingerprint density at radius 3 is 2.35 bits per heavy atom. The summed E-state index contributed by atoms with van der Waals surface area (Å²) in [5.74, 6) is 0.824. The number of rotatable bonds is 5. The van der Waals surface area contributed by atoms with E-state index < -0.39 is 0 Å². The van der Waals surface area contributed by atoms with E-state index in [4.69, 9.17) is 0 Å². The van der Waals surface area contributed by atoms with E-state index in [0.29, 0.717) is 5.16 Å². The summed E-state index contributed by atoms with van der Waals surface area (Å²) in [6.07, 6.45) is 0. The zero-order chi connectivity index (χ0) is 18.7. The van der Waals surface area contributed by atoms with Gasteiger partial charge in [-0.2, -0.15) is 0 Å². The number of amides is 1. The molecule has 0 aliphatic rings. The van der Waals surface area contributed by atoms with Crippen molar-refractivity contribution in [2.45, 2.75) is 31.2 Å². The average Bonchev–Trinajstić information content (AvgIpc) is 3.02. The van der Waals surface area contributed by atoms with Crippen molar-refractivity contribution in [1.29, 1.82) is 0 Å². The number of hydrogen-bond acceptors (Lipinski definition) is 4. The molecule has 134 valence electrons. The second-order valence-corrected chi connectivity index (χ2v) is 7.50. The quantitative estimate of drug-likeness (QED) is 0.640. The van der Waals surface area contributed by atoms with E-state index in [1.807, 2.05) is 60.9 Å². The normalized spacial score (nSPS) is 12.0. The molecule has 2 aromatic carbocycles. The van der Waals surface area contributed by atoms with Gasteiger partial charge in [-0.1, -0.05) is 47.7 Å². The van der Waals surface area contributed by atoms with E-state index in [1.54, 1.807) is 11.9 Å². The molecule has 0 unspecified atom stereocenters. The molecule has 1 amide bonds. The van der Waals surface area contributed by atoms with Crippen molar-refractivity contribution in [2.24, 2.45) is 0 Å². The third-order valence-corrected chi connectivity index (χ3v) is 5.22. The molecular formula is C20H22N4OS. The number of carbonyl (C=O) groups excluding carboxylic acids is 1. The van der Waals surface area contributed by atoms with Crippen LogP contribution in [0.25, 0.3) is 5.69 Å². The molecule has 0 bridgehead atoms. The maximum Gasteiger partial charge on any atom is 0.240 e. The van der Waals surface area contributed by atoms with E-state index in [-0.39, 0.29) is 11.2 Å². The first kappa shape index (κ1) is 18.2.